The van der Waals surface area contributed by atoms with E-state index in [2.05, 4.69) is 27.2 Å². The van der Waals surface area contributed by atoms with E-state index in [0.717, 1.165) is 28.1 Å². The van der Waals surface area contributed by atoms with Crippen LogP contribution in [0, 0.1) is 23.7 Å². The monoisotopic (exact) mass is 1030 g/mol. The van der Waals surface area contributed by atoms with Gasteiger partial charge in [0.05, 0.1) is 58.1 Å². The van der Waals surface area contributed by atoms with E-state index in [1.54, 1.807) is 38.8 Å². The second-order valence-electron chi connectivity index (χ2n) is 22.4. The minimum atomic E-state index is -1.79. The molecule has 406 valence electrons. The first kappa shape index (κ1) is 58.1. The van der Waals surface area contributed by atoms with Crippen LogP contribution in [0.1, 0.15) is 119 Å². The van der Waals surface area contributed by atoms with Crippen molar-refractivity contribution in [3.8, 4) is 10.4 Å². The number of cyclic esters (lactones) is 1. The topological polar surface area (TPSA) is 220 Å². The second-order valence-corrected chi connectivity index (χ2v) is 23.4. The van der Waals surface area contributed by atoms with E-state index < -0.39 is 102 Å². The fourth-order valence-corrected chi connectivity index (χ4v) is 12.7. The van der Waals surface area contributed by atoms with Crippen molar-refractivity contribution in [3.63, 3.8) is 0 Å². The van der Waals surface area contributed by atoms with Crippen molar-refractivity contribution in [1.82, 2.24) is 29.8 Å². The molecule has 0 amide bonds. The predicted octanol–water partition coefficient (Wildman–Crippen LogP) is 5.87. The molecule has 3 aliphatic rings. The first-order chi connectivity index (χ1) is 33.8. The number of likely N-dealkylation sites (N-methyl/N-ethyl adjacent to an activating group) is 2. The molecule has 2 aromatic heterocycles. The molecule has 0 saturated carbocycles. The molecular formula is C53H86FN7O10S. The quantitative estimate of drug-likeness (QED) is 0.119. The van der Waals surface area contributed by atoms with Crippen molar-refractivity contribution in [2.45, 2.75) is 198 Å². The molecule has 1 unspecified atom stereocenters. The summed E-state index contributed by atoms with van der Waals surface area (Å²) in [6.45, 7) is 18.9. The van der Waals surface area contributed by atoms with Gasteiger partial charge in [0.1, 0.15) is 30.6 Å². The molecule has 5 heterocycles. The van der Waals surface area contributed by atoms with Gasteiger partial charge in [0.25, 0.3) is 0 Å². The highest BCUT2D eigenvalue weighted by Crippen LogP contribution is 2.45. The van der Waals surface area contributed by atoms with E-state index in [1.165, 1.54) is 18.3 Å². The Balaban J connectivity index is 1.23. The van der Waals surface area contributed by atoms with Crippen LogP contribution in [0.4, 0.5) is 9.52 Å². The van der Waals surface area contributed by atoms with Crippen LogP contribution in [-0.4, -0.2) is 175 Å². The van der Waals surface area contributed by atoms with Crippen LogP contribution in [0.2, 0.25) is 0 Å². The summed E-state index contributed by atoms with van der Waals surface area (Å²) in [5.74, 6) is -2.82. The number of aliphatic hydroxyl groups excluding tert-OH is 2. The number of methoxy groups -OCH3 is 1. The summed E-state index contributed by atoms with van der Waals surface area (Å²) < 4.78 is 48.7. The van der Waals surface area contributed by atoms with Crippen molar-refractivity contribution >= 4 is 22.4 Å². The van der Waals surface area contributed by atoms with Crippen LogP contribution in [0.25, 0.3) is 10.4 Å². The summed E-state index contributed by atoms with van der Waals surface area (Å²) in [6, 6.07) is 6.94. The highest BCUT2D eigenvalue weighted by atomic mass is 32.1. The molecule has 0 aliphatic carbocycles. The van der Waals surface area contributed by atoms with E-state index in [-0.39, 0.29) is 37.3 Å². The van der Waals surface area contributed by atoms with Gasteiger partial charge in [0.15, 0.2) is 11.4 Å². The zero-order valence-electron chi connectivity index (χ0n) is 45.0. The Morgan fingerprint density at radius 1 is 1.03 bits per heavy atom. The van der Waals surface area contributed by atoms with Gasteiger partial charge in [0, 0.05) is 69.9 Å². The van der Waals surface area contributed by atoms with Crippen LogP contribution in [0.3, 0.4) is 0 Å². The van der Waals surface area contributed by atoms with Crippen molar-refractivity contribution in [3.05, 3.63) is 47.9 Å². The van der Waals surface area contributed by atoms with Gasteiger partial charge in [0.2, 0.25) is 0 Å². The number of nitrogens with zero attached hydrogens (tertiary/aromatic N) is 6. The number of esters is 1. The lowest BCUT2D eigenvalue weighted by Crippen LogP contribution is -2.61. The van der Waals surface area contributed by atoms with E-state index >= 15 is 0 Å². The number of ether oxygens (including phenoxy) is 5. The number of aliphatic hydroxyl groups is 4. The van der Waals surface area contributed by atoms with Crippen LogP contribution in [0.15, 0.2) is 36.7 Å². The Labute approximate surface area is 430 Å². The average Bonchev–Trinajstić information content (AvgIpc) is 4.00. The molecule has 19 heteroatoms. The molecule has 0 radical (unpaired) electrons. The molecule has 6 rings (SSSR count). The predicted molar refractivity (Wildman–Crippen MR) is 275 cm³/mol. The van der Waals surface area contributed by atoms with E-state index in [4.69, 9.17) is 29.4 Å². The molecule has 72 heavy (non-hydrogen) atoms. The molecule has 0 bridgehead atoms. The molecule has 17 nitrogen and oxygen atoms in total. The smallest absolute Gasteiger partial charge is 0.309 e. The Morgan fingerprint density at radius 2 is 1.72 bits per heavy atom. The summed E-state index contributed by atoms with van der Waals surface area (Å²) in [5, 5.41) is 57.1. The Bertz CT molecular complexity index is 2180. The van der Waals surface area contributed by atoms with Gasteiger partial charge in [-0.3, -0.25) is 4.79 Å². The maximum absolute atomic E-state index is 14.6. The highest BCUT2D eigenvalue weighted by molar-refractivity contribution is 7.18. The molecule has 18 atom stereocenters. The van der Waals surface area contributed by atoms with Gasteiger partial charge < -0.3 is 59.6 Å². The van der Waals surface area contributed by atoms with Crippen molar-refractivity contribution in [1.29, 1.82) is 0 Å². The third kappa shape index (κ3) is 13.4. The van der Waals surface area contributed by atoms with Gasteiger partial charge in [-0.05, 0) is 104 Å². The van der Waals surface area contributed by atoms with E-state index in [0.29, 0.717) is 37.5 Å². The molecule has 3 fully saturated rings. The first-order valence-corrected chi connectivity index (χ1v) is 26.8. The number of aromatic nitrogens is 4. The molecule has 3 aliphatic heterocycles. The summed E-state index contributed by atoms with van der Waals surface area (Å²) >= 11 is 1.42. The second kappa shape index (κ2) is 24.2. The summed E-state index contributed by atoms with van der Waals surface area (Å²) in [6.07, 6.45) is 0.145. The Kier molecular flexibility index (Phi) is 19.5. The van der Waals surface area contributed by atoms with Gasteiger partial charge in [-0.25, -0.2) is 14.1 Å². The number of hydrogen-bond donors (Lipinski definition) is 5. The fraction of sp³-hybridized carbons (Fsp3) is 0.774. The Hall–Kier alpha value is -3.21. The van der Waals surface area contributed by atoms with Crippen molar-refractivity contribution in [2.75, 3.05) is 46.7 Å². The number of nitrogens with two attached hydrogens (primary N) is 1. The minimum absolute atomic E-state index is 0.0228. The molecule has 0 spiro atoms. The SMILES string of the molecule is CC[C@H]1OC(=O)[C@H](C)C([C@H]2C[C@@](C)(OC)[C@@H](O)[C@H](C)O2)[C@H](C)[C@@H](O[C@H]2C[C@@H](N(C)CCc3cn([C@H](CF)Cc4ccc(-c5cnc(N)s5)cc4)nn3)C[C@@H](C)O2)[C@](C)(O)C[C@@H](C)CN(C)[C@H](C)[C@@H](O)[C@]1(C)O. The van der Waals surface area contributed by atoms with Crippen LogP contribution < -0.4 is 5.73 Å². The zero-order valence-corrected chi connectivity index (χ0v) is 45.8. The summed E-state index contributed by atoms with van der Waals surface area (Å²) in [4.78, 5) is 24.0. The Morgan fingerprint density at radius 3 is 2.35 bits per heavy atom. The number of carbonyl (C=O) groups is 1. The van der Waals surface area contributed by atoms with Gasteiger partial charge in [-0.1, -0.05) is 68.5 Å². The number of anilines is 1. The van der Waals surface area contributed by atoms with Crippen LogP contribution in [-0.2, 0) is 41.3 Å². The number of halogens is 1. The molecular weight excluding hydrogens is 946 g/mol. The zero-order chi connectivity index (χ0) is 53.0. The normalized spacial score (nSPS) is 38.5. The largest absolute Gasteiger partial charge is 0.459 e. The number of thiazole rings is 1. The van der Waals surface area contributed by atoms with Crippen LogP contribution >= 0.6 is 11.3 Å². The molecule has 3 saturated heterocycles. The van der Waals surface area contributed by atoms with Gasteiger partial charge in [-0.15, -0.1) is 5.10 Å². The number of nitrogen functional groups attached to an aromatic ring is 1. The molecule has 3 aromatic rings. The maximum Gasteiger partial charge on any atom is 0.309 e. The van der Waals surface area contributed by atoms with E-state index in [1.807, 2.05) is 84.0 Å². The van der Waals surface area contributed by atoms with Gasteiger partial charge >= 0.3 is 5.97 Å². The van der Waals surface area contributed by atoms with E-state index in [9.17, 15) is 29.6 Å². The highest BCUT2D eigenvalue weighted by Gasteiger charge is 2.54. The lowest BCUT2D eigenvalue weighted by Gasteiger charge is -2.51. The maximum atomic E-state index is 14.6. The van der Waals surface area contributed by atoms with Crippen molar-refractivity contribution < 1.29 is 53.3 Å². The third-order valence-electron chi connectivity index (χ3n) is 16.4. The third-order valence-corrected chi connectivity index (χ3v) is 17.3. The minimum Gasteiger partial charge on any atom is -0.459 e. The number of hydrogen-bond acceptors (Lipinski definition) is 17. The van der Waals surface area contributed by atoms with Crippen LogP contribution in [0.5, 0.6) is 0 Å². The number of rotatable bonds is 14. The number of benzene rings is 1. The number of carbonyl (C=O) groups excluding carboxylic acids is 1. The first-order valence-electron chi connectivity index (χ1n) is 26.0. The van der Waals surface area contributed by atoms with Gasteiger partial charge in [-0.2, -0.15) is 0 Å². The summed E-state index contributed by atoms with van der Waals surface area (Å²) in [5.41, 5.74) is 4.25. The molecule has 1 aromatic carbocycles. The summed E-state index contributed by atoms with van der Waals surface area (Å²) in [7, 11) is 5.49. The molecule has 6 N–H and O–H groups in total. The standard InChI is InChI=1S/C53H86FN7O10S/c1-14-43-53(10,66)46(62)34(6)60(12)28-30(2)24-51(8,65)48(32(4)45(33(5)49(64)70-43)41-25-52(9,67-13)47(63)35(7)69-41)71-44-23-39(21-31(3)68-44)59(11)20-19-38-29-61(58-57-38)40(26-54)22-36-15-17-37(18-16-36)42-27-56-50(55)72-42/h15-18,27,29-35,39-41,43-48,62-63,65-66H,14,19-26,28H2,1-13H3,(H2,55,56)/t30-,31-,32+,33-,34-,35+,39+,40+,41-,43-,44+,45?,46-,47+,48-,51-,52-,53-/m1/s1. The lowest BCUT2D eigenvalue weighted by molar-refractivity contribution is -0.275. The fourth-order valence-electron chi connectivity index (χ4n) is 12.0. The average molecular weight is 1030 g/mol. The lowest BCUT2D eigenvalue weighted by atomic mass is 9.68. The van der Waals surface area contributed by atoms with Crippen molar-refractivity contribution in [2.24, 2.45) is 23.7 Å². The number of alkyl halides is 1.